The molecular weight excluding hydrogens is 609 g/mol. The Morgan fingerprint density at radius 3 is 2.11 bits per heavy atom. The minimum absolute atomic E-state index is 0.106. The summed E-state index contributed by atoms with van der Waals surface area (Å²) in [5.74, 6) is 0.816. The zero-order valence-electron chi connectivity index (χ0n) is 26.5. The number of amides is 3. The second-order valence-corrected chi connectivity index (χ2v) is 13.7. The van der Waals surface area contributed by atoms with Crippen LogP contribution in [0.2, 0.25) is 10.0 Å². The molecular formula is C35H41Cl2N5O3. The maximum atomic E-state index is 14.8. The van der Waals surface area contributed by atoms with E-state index in [-0.39, 0.29) is 23.9 Å². The highest BCUT2D eigenvalue weighted by atomic mass is 35.5. The topological polar surface area (TPSA) is 91.5 Å². The molecule has 2 aliphatic rings. The Balaban J connectivity index is 1.69. The van der Waals surface area contributed by atoms with E-state index >= 15 is 0 Å². The summed E-state index contributed by atoms with van der Waals surface area (Å²) in [6, 6.07) is 20.7. The molecule has 238 valence electrons. The van der Waals surface area contributed by atoms with Crippen molar-refractivity contribution in [2.45, 2.75) is 51.6 Å². The number of hydrogen-bond donors (Lipinski definition) is 1. The van der Waals surface area contributed by atoms with E-state index in [1.807, 2.05) is 76.2 Å². The molecule has 1 fully saturated rings. The predicted octanol–water partition coefficient (Wildman–Crippen LogP) is 6.63. The number of nitrogens with two attached hydrogens (primary N) is 1. The molecule has 1 saturated heterocycles. The lowest BCUT2D eigenvalue weighted by molar-refractivity contribution is -0.119. The second-order valence-electron chi connectivity index (χ2n) is 12.8. The highest BCUT2D eigenvalue weighted by molar-refractivity contribution is 6.30. The number of ether oxygens (including phenoxy) is 1. The number of hydrogen-bond acceptors (Lipinski definition) is 5. The summed E-state index contributed by atoms with van der Waals surface area (Å²) in [5, 5.41) is 1.22. The van der Waals surface area contributed by atoms with Crippen molar-refractivity contribution < 1.29 is 14.3 Å². The van der Waals surface area contributed by atoms with Gasteiger partial charge in [0, 0.05) is 36.2 Å². The Bertz CT molecular complexity index is 1580. The Hall–Kier alpha value is -3.59. The largest absolute Gasteiger partial charge is 0.493 e. The van der Waals surface area contributed by atoms with Gasteiger partial charge in [-0.3, -0.25) is 19.6 Å². The number of rotatable bonds is 7. The molecule has 0 aromatic heterocycles. The van der Waals surface area contributed by atoms with Crippen LogP contribution in [0.15, 0.2) is 71.7 Å². The summed E-state index contributed by atoms with van der Waals surface area (Å²) in [7, 11) is 0. The number of benzene rings is 3. The number of carbonyl (C=O) groups is 2. The van der Waals surface area contributed by atoms with Crippen LogP contribution in [-0.2, 0) is 15.7 Å². The number of urea groups is 1. The molecule has 0 bridgehead atoms. The first kappa shape index (κ1) is 32.8. The second kappa shape index (κ2) is 13.0. The van der Waals surface area contributed by atoms with Crippen molar-refractivity contribution in [3.63, 3.8) is 0 Å². The Labute approximate surface area is 275 Å². The van der Waals surface area contributed by atoms with Crippen LogP contribution in [0, 0.1) is 0 Å². The molecule has 45 heavy (non-hydrogen) atoms. The number of amidine groups is 1. The van der Waals surface area contributed by atoms with E-state index in [1.165, 1.54) is 0 Å². The summed E-state index contributed by atoms with van der Waals surface area (Å²) in [4.78, 5) is 37.4. The molecule has 2 unspecified atom stereocenters. The fourth-order valence-corrected chi connectivity index (χ4v) is 6.40. The van der Waals surface area contributed by atoms with Crippen molar-refractivity contribution in [1.82, 2.24) is 14.7 Å². The zero-order valence-corrected chi connectivity index (χ0v) is 28.0. The number of carbonyl (C=O) groups excluding carboxylic acids is 2. The molecule has 2 heterocycles. The third kappa shape index (κ3) is 6.83. The van der Waals surface area contributed by atoms with Gasteiger partial charge in [-0.2, -0.15) is 0 Å². The van der Waals surface area contributed by atoms with Crippen LogP contribution in [-0.4, -0.2) is 71.8 Å². The maximum absolute atomic E-state index is 14.8. The minimum atomic E-state index is -0.886. The summed E-state index contributed by atoms with van der Waals surface area (Å²) >= 11 is 12.7. The van der Waals surface area contributed by atoms with E-state index in [2.05, 4.69) is 39.8 Å². The van der Waals surface area contributed by atoms with Crippen molar-refractivity contribution >= 4 is 41.0 Å². The minimum Gasteiger partial charge on any atom is -0.493 e. The number of halogens is 2. The molecule has 2 aliphatic heterocycles. The Kier molecular flexibility index (Phi) is 9.49. The van der Waals surface area contributed by atoms with Gasteiger partial charge in [-0.25, -0.2) is 4.79 Å². The van der Waals surface area contributed by atoms with Crippen LogP contribution < -0.4 is 10.5 Å². The average Bonchev–Trinajstić information content (AvgIpc) is 3.31. The molecule has 2 N–H and O–H groups in total. The first-order chi connectivity index (χ1) is 21.3. The van der Waals surface area contributed by atoms with Gasteiger partial charge < -0.3 is 15.4 Å². The van der Waals surface area contributed by atoms with E-state index in [0.717, 1.165) is 22.3 Å². The molecule has 10 heteroatoms. The lowest BCUT2D eigenvalue weighted by atomic mass is 9.81. The Morgan fingerprint density at radius 2 is 1.56 bits per heavy atom. The lowest BCUT2D eigenvalue weighted by Gasteiger charge is -2.40. The molecule has 3 amide bonds. The predicted molar refractivity (Wildman–Crippen MR) is 180 cm³/mol. The molecule has 8 nitrogen and oxygen atoms in total. The van der Waals surface area contributed by atoms with Crippen LogP contribution in [0.1, 0.15) is 62.9 Å². The van der Waals surface area contributed by atoms with E-state index in [9.17, 15) is 9.59 Å². The van der Waals surface area contributed by atoms with E-state index < -0.39 is 11.6 Å². The van der Waals surface area contributed by atoms with Gasteiger partial charge in [-0.15, -0.1) is 0 Å². The number of primary amides is 1. The van der Waals surface area contributed by atoms with Gasteiger partial charge in [-0.05, 0) is 72.4 Å². The first-order valence-electron chi connectivity index (χ1n) is 15.3. The van der Waals surface area contributed by atoms with Crippen LogP contribution in [0.5, 0.6) is 5.75 Å². The summed E-state index contributed by atoms with van der Waals surface area (Å²) < 4.78 is 6.24. The molecule has 5 rings (SSSR count). The summed E-state index contributed by atoms with van der Waals surface area (Å²) in [6.07, 6.45) is 0. The normalized spacial score (nSPS) is 20.7. The lowest BCUT2D eigenvalue weighted by Crippen LogP contribution is -2.55. The highest BCUT2D eigenvalue weighted by Crippen LogP contribution is 2.50. The molecule has 3 aromatic rings. The standard InChI is InChI=1S/C35H41Cl2N5O3/c1-6-45-29-21-25(34(2,3)4)11-16-28(29)32-39-35(5,24-9-14-27(37)15-10-24)31(23-7-12-26(36)13-8-23)42(32)33(44)41-19-17-40(18-20-41)22-30(38)43/h7-16,21,31H,6,17-20,22H2,1-5H3,(H2,38,43). The monoisotopic (exact) mass is 649 g/mol. The number of piperazine rings is 1. The van der Waals surface area contributed by atoms with Crippen molar-refractivity contribution in [3.05, 3.63) is 99.0 Å². The van der Waals surface area contributed by atoms with Crippen molar-refractivity contribution in [1.29, 1.82) is 0 Å². The van der Waals surface area contributed by atoms with Gasteiger partial charge >= 0.3 is 6.03 Å². The fraction of sp³-hybridized carbons (Fsp3) is 0.400. The molecule has 0 spiro atoms. The SMILES string of the molecule is CCOc1cc(C(C)(C)C)ccc1C1=NC(C)(c2ccc(Cl)cc2)C(c2ccc(Cl)cc2)N1C(=O)N1CCN(CC(N)=O)CC1. The third-order valence-electron chi connectivity index (χ3n) is 8.59. The molecule has 2 atom stereocenters. The Morgan fingerprint density at radius 1 is 0.956 bits per heavy atom. The van der Waals surface area contributed by atoms with Crippen LogP contribution in [0.3, 0.4) is 0 Å². The number of nitrogens with zero attached hydrogens (tertiary/aromatic N) is 4. The van der Waals surface area contributed by atoms with Gasteiger partial charge in [0.15, 0.2) is 0 Å². The van der Waals surface area contributed by atoms with Crippen molar-refractivity contribution in [3.8, 4) is 5.75 Å². The molecule has 0 radical (unpaired) electrons. The van der Waals surface area contributed by atoms with Crippen LogP contribution in [0.4, 0.5) is 4.79 Å². The fourth-order valence-electron chi connectivity index (χ4n) is 6.15. The quantitative estimate of drug-likeness (QED) is 0.311. The smallest absolute Gasteiger partial charge is 0.326 e. The molecule has 0 saturated carbocycles. The van der Waals surface area contributed by atoms with Crippen molar-refractivity contribution in [2.75, 3.05) is 39.3 Å². The van der Waals surface area contributed by atoms with Gasteiger partial charge in [0.1, 0.15) is 17.1 Å². The van der Waals surface area contributed by atoms with E-state index in [0.29, 0.717) is 54.4 Å². The van der Waals surface area contributed by atoms with Gasteiger partial charge in [0.05, 0.1) is 24.8 Å². The van der Waals surface area contributed by atoms with Gasteiger partial charge in [0.25, 0.3) is 0 Å². The molecule has 3 aromatic carbocycles. The van der Waals surface area contributed by atoms with E-state index in [4.69, 9.17) is 38.7 Å². The average molecular weight is 651 g/mol. The molecule has 0 aliphatic carbocycles. The third-order valence-corrected chi connectivity index (χ3v) is 9.09. The van der Waals surface area contributed by atoms with Crippen molar-refractivity contribution in [2.24, 2.45) is 10.7 Å². The number of aliphatic imine (C=N–C) groups is 1. The maximum Gasteiger partial charge on any atom is 0.326 e. The van der Waals surface area contributed by atoms with Gasteiger partial charge in [0.2, 0.25) is 5.91 Å². The van der Waals surface area contributed by atoms with Crippen LogP contribution in [0.25, 0.3) is 0 Å². The summed E-state index contributed by atoms with van der Waals surface area (Å²) in [6.45, 7) is 13.1. The van der Waals surface area contributed by atoms with Gasteiger partial charge in [-0.1, -0.05) is 74.3 Å². The van der Waals surface area contributed by atoms with E-state index in [1.54, 1.807) is 0 Å². The summed E-state index contributed by atoms with van der Waals surface area (Å²) in [5.41, 5.74) is 8.11. The van der Waals surface area contributed by atoms with Crippen LogP contribution >= 0.6 is 23.2 Å². The highest BCUT2D eigenvalue weighted by Gasteiger charge is 2.51. The zero-order chi connectivity index (χ0) is 32.5. The first-order valence-corrected chi connectivity index (χ1v) is 16.0.